The van der Waals surface area contributed by atoms with Gasteiger partial charge in [0, 0.05) is 7.05 Å². The highest BCUT2D eigenvalue weighted by Gasteiger charge is 2.29. The van der Waals surface area contributed by atoms with Crippen molar-refractivity contribution in [3.05, 3.63) is 47.5 Å². The maximum absolute atomic E-state index is 12.1. The first-order valence-electron chi connectivity index (χ1n) is 5.50. The van der Waals surface area contributed by atoms with Gasteiger partial charge in [0.2, 0.25) is 5.91 Å². The summed E-state index contributed by atoms with van der Waals surface area (Å²) >= 11 is 0. The molecule has 3 heteroatoms. The van der Waals surface area contributed by atoms with Crippen LogP contribution < -0.4 is 0 Å². The first kappa shape index (κ1) is 10.0. The number of carbonyl (C=O) groups is 2. The van der Waals surface area contributed by atoms with E-state index < -0.39 is 0 Å². The second-order valence-electron chi connectivity index (χ2n) is 4.26. The molecule has 0 spiro atoms. The molecular weight excluding hydrogens is 214 g/mol. The molecule has 0 N–H and O–H groups in total. The van der Waals surface area contributed by atoms with Gasteiger partial charge >= 0.3 is 0 Å². The van der Waals surface area contributed by atoms with Crippen molar-refractivity contribution in [3.63, 3.8) is 0 Å². The van der Waals surface area contributed by atoms with E-state index in [1.807, 2.05) is 36.4 Å². The fourth-order valence-corrected chi connectivity index (χ4v) is 2.28. The molecule has 0 atom stereocenters. The van der Waals surface area contributed by atoms with Gasteiger partial charge in [0.1, 0.15) is 0 Å². The number of likely N-dealkylation sites (N-methyl/N-ethyl adjacent to an activating group) is 1. The van der Waals surface area contributed by atoms with Gasteiger partial charge < -0.3 is 0 Å². The van der Waals surface area contributed by atoms with Gasteiger partial charge in [0.25, 0.3) is 5.91 Å². The van der Waals surface area contributed by atoms with Crippen molar-refractivity contribution in [2.75, 3.05) is 7.05 Å². The molecule has 3 nitrogen and oxygen atoms in total. The number of nitrogens with zero attached hydrogens (tertiary/aromatic N) is 1. The minimum Gasteiger partial charge on any atom is -0.281 e. The van der Waals surface area contributed by atoms with Gasteiger partial charge in [-0.1, -0.05) is 36.4 Å². The zero-order valence-electron chi connectivity index (χ0n) is 9.43. The van der Waals surface area contributed by atoms with Crippen molar-refractivity contribution in [2.45, 2.75) is 6.42 Å². The molecule has 3 rings (SSSR count). The van der Waals surface area contributed by atoms with Crippen LogP contribution in [-0.2, 0) is 11.2 Å². The summed E-state index contributed by atoms with van der Waals surface area (Å²) in [5.41, 5.74) is 1.50. The molecule has 0 bridgehead atoms. The molecule has 0 radical (unpaired) electrons. The third-order valence-electron chi connectivity index (χ3n) is 3.25. The van der Waals surface area contributed by atoms with Gasteiger partial charge in [0.05, 0.1) is 12.0 Å². The van der Waals surface area contributed by atoms with Crippen molar-refractivity contribution < 1.29 is 9.59 Å². The number of amides is 2. The number of benzene rings is 2. The summed E-state index contributed by atoms with van der Waals surface area (Å²) in [5, 5.41) is 1.96. The summed E-state index contributed by atoms with van der Waals surface area (Å²) in [7, 11) is 1.54. The largest absolute Gasteiger partial charge is 0.281 e. The van der Waals surface area contributed by atoms with Gasteiger partial charge in [0.15, 0.2) is 0 Å². The van der Waals surface area contributed by atoms with E-state index in [0.29, 0.717) is 12.0 Å². The van der Waals surface area contributed by atoms with Gasteiger partial charge in [-0.3, -0.25) is 14.5 Å². The number of fused-ring (bicyclic) bond motifs is 3. The van der Waals surface area contributed by atoms with Crippen molar-refractivity contribution in [1.29, 1.82) is 0 Å². The molecule has 1 aliphatic rings. The third kappa shape index (κ3) is 1.35. The monoisotopic (exact) mass is 225 g/mol. The Kier molecular flexibility index (Phi) is 2.01. The van der Waals surface area contributed by atoms with Crippen LogP contribution in [0.2, 0.25) is 0 Å². The lowest BCUT2D eigenvalue weighted by molar-refractivity contribution is -0.127. The van der Waals surface area contributed by atoms with E-state index in [-0.39, 0.29) is 11.8 Å². The molecule has 0 aliphatic carbocycles. The van der Waals surface area contributed by atoms with E-state index in [1.54, 1.807) is 0 Å². The second kappa shape index (κ2) is 3.42. The molecule has 0 aromatic heterocycles. The second-order valence-corrected chi connectivity index (χ2v) is 4.26. The number of rotatable bonds is 0. The lowest BCUT2D eigenvalue weighted by Gasteiger charge is -2.24. The summed E-state index contributed by atoms with van der Waals surface area (Å²) in [6.07, 6.45) is 0.308. The lowest BCUT2D eigenvalue weighted by atomic mass is 9.93. The fourth-order valence-electron chi connectivity index (χ4n) is 2.28. The zero-order valence-corrected chi connectivity index (χ0v) is 9.43. The number of imide groups is 1. The summed E-state index contributed by atoms with van der Waals surface area (Å²) in [6.45, 7) is 0. The number of hydrogen-bond donors (Lipinski definition) is 0. The van der Waals surface area contributed by atoms with Gasteiger partial charge in [-0.05, 0) is 16.3 Å². The molecule has 17 heavy (non-hydrogen) atoms. The number of hydrogen-bond acceptors (Lipinski definition) is 2. The number of carbonyl (C=O) groups excluding carboxylic acids is 2. The van der Waals surface area contributed by atoms with E-state index in [4.69, 9.17) is 0 Å². The van der Waals surface area contributed by atoms with Crippen molar-refractivity contribution >= 4 is 22.6 Å². The quantitative estimate of drug-likeness (QED) is 0.643. The molecule has 2 amide bonds. The lowest BCUT2D eigenvalue weighted by Crippen LogP contribution is -2.39. The van der Waals surface area contributed by atoms with E-state index in [1.165, 1.54) is 11.9 Å². The van der Waals surface area contributed by atoms with Crippen molar-refractivity contribution in [1.82, 2.24) is 4.90 Å². The minimum atomic E-state index is -0.201. The molecular formula is C14H11NO2. The molecule has 1 heterocycles. The Balaban J connectivity index is 2.36. The average Bonchev–Trinajstić information content (AvgIpc) is 2.35. The molecule has 0 fully saturated rings. The smallest absolute Gasteiger partial charge is 0.261 e. The normalized spacial score (nSPS) is 15.2. The van der Waals surface area contributed by atoms with E-state index in [0.717, 1.165) is 16.3 Å². The van der Waals surface area contributed by atoms with Crippen LogP contribution in [0.3, 0.4) is 0 Å². The van der Waals surface area contributed by atoms with Gasteiger partial charge in [-0.2, -0.15) is 0 Å². The first-order chi connectivity index (χ1) is 8.18. The average molecular weight is 225 g/mol. The predicted molar refractivity (Wildman–Crippen MR) is 64.8 cm³/mol. The van der Waals surface area contributed by atoms with Crippen molar-refractivity contribution in [3.8, 4) is 0 Å². The van der Waals surface area contributed by atoms with Crippen LogP contribution in [0.15, 0.2) is 36.4 Å². The summed E-state index contributed by atoms with van der Waals surface area (Å²) in [4.78, 5) is 25.0. The zero-order chi connectivity index (χ0) is 12.0. The van der Waals surface area contributed by atoms with E-state index in [9.17, 15) is 9.59 Å². The Morgan fingerprint density at radius 2 is 1.82 bits per heavy atom. The maximum atomic E-state index is 12.1. The summed E-state index contributed by atoms with van der Waals surface area (Å²) in [6, 6.07) is 11.6. The molecule has 1 aliphatic heterocycles. The minimum absolute atomic E-state index is 0.141. The van der Waals surface area contributed by atoms with Crippen LogP contribution in [-0.4, -0.2) is 23.8 Å². The Hall–Kier alpha value is -2.16. The van der Waals surface area contributed by atoms with Gasteiger partial charge in [-0.15, -0.1) is 0 Å². The van der Waals surface area contributed by atoms with Gasteiger partial charge in [-0.25, -0.2) is 0 Å². The SMILES string of the molecule is CN1C(=O)Cc2ccc3ccccc3c2C1=O. The molecule has 0 saturated carbocycles. The third-order valence-corrected chi connectivity index (χ3v) is 3.25. The van der Waals surface area contributed by atoms with Crippen LogP contribution in [0.1, 0.15) is 15.9 Å². The highest BCUT2D eigenvalue weighted by atomic mass is 16.2. The summed E-state index contributed by atoms with van der Waals surface area (Å²) in [5.74, 6) is -0.342. The maximum Gasteiger partial charge on any atom is 0.261 e. The van der Waals surface area contributed by atoms with E-state index >= 15 is 0 Å². The topological polar surface area (TPSA) is 37.4 Å². The highest BCUT2D eigenvalue weighted by molar-refractivity contribution is 6.16. The summed E-state index contributed by atoms with van der Waals surface area (Å²) < 4.78 is 0. The standard InChI is InChI=1S/C14H11NO2/c1-15-12(16)8-10-7-6-9-4-2-3-5-11(9)13(10)14(15)17/h2-7H,8H2,1H3. The van der Waals surface area contributed by atoms with Crippen LogP contribution in [0, 0.1) is 0 Å². The Bertz CT molecular complexity index is 646. The molecule has 2 aromatic rings. The molecule has 0 saturated heterocycles. The van der Waals surface area contributed by atoms with Crippen LogP contribution >= 0.6 is 0 Å². The fraction of sp³-hybridized carbons (Fsp3) is 0.143. The highest BCUT2D eigenvalue weighted by Crippen LogP contribution is 2.27. The first-order valence-corrected chi connectivity index (χ1v) is 5.50. The molecule has 2 aromatic carbocycles. The molecule has 0 unspecified atom stereocenters. The Morgan fingerprint density at radius 1 is 1.06 bits per heavy atom. The Morgan fingerprint density at radius 3 is 2.65 bits per heavy atom. The van der Waals surface area contributed by atoms with Crippen molar-refractivity contribution in [2.24, 2.45) is 0 Å². The van der Waals surface area contributed by atoms with Crippen LogP contribution in [0.5, 0.6) is 0 Å². The predicted octanol–water partition coefficient (Wildman–Crippen LogP) is 1.99. The molecule has 84 valence electrons. The Labute approximate surface area is 98.6 Å². The van der Waals surface area contributed by atoms with Crippen LogP contribution in [0.25, 0.3) is 10.8 Å². The van der Waals surface area contributed by atoms with E-state index in [2.05, 4.69) is 0 Å². The van der Waals surface area contributed by atoms with Crippen LogP contribution in [0.4, 0.5) is 0 Å².